The summed E-state index contributed by atoms with van der Waals surface area (Å²) in [5.41, 5.74) is 2.99. The lowest BCUT2D eigenvalue weighted by Gasteiger charge is -2.10. The highest BCUT2D eigenvalue weighted by Crippen LogP contribution is 2.23. The van der Waals surface area contributed by atoms with E-state index in [0.717, 1.165) is 22.2 Å². The van der Waals surface area contributed by atoms with Crippen molar-refractivity contribution in [1.29, 1.82) is 0 Å². The van der Waals surface area contributed by atoms with Gasteiger partial charge in [0.2, 0.25) is 0 Å². The van der Waals surface area contributed by atoms with E-state index in [1.165, 1.54) is 7.11 Å². The van der Waals surface area contributed by atoms with Gasteiger partial charge in [-0.1, -0.05) is 18.2 Å². The van der Waals surface area contributed by atoms with Crippen molar-refractivity contribution in [2.45, 2.75) is 13.8 Å². The molecular formula is C20H18N6O2. The summed E-state index contributed by atoms with van der Waals surface area (Å²) >= 11 is 0. The third kappa shape index (κ3) is 3.27. The number of pyridine rings is 1. The van der Waals surface area contributed by atoms with Gasteiger partial charge in [0.15, 0.2) is 17.3 Å². The number of carbonyl (C=O) groups is 1. The van der Waals surface area contributed by atoms with Crippen LogP contribution in [-0.4, -0.2) is 38.0 Å². The van der Waals surface area contributed by atoms with Crippen molar-refractivity contribution in [3.05, 3.63) is 65.5 Å². The molecule has 0 aliphatic carbocycles. The van der Waals surface area contributed by atoms with Crippen LogP contribution in [0.3, 0.4) is 0 Å². The number of methoxy groups -OCH3 is 1. The van der Waals surface area contributed by atoms with Crippen LogP contribution >= 0.6 is 0 Å². The van der Waals surface area contributed by atoms with E-state index < -0.39 is 5.97 Å². The number of benzene rings is 1. The molecule has 140 valence electrons. The Kier molecular flexibility index (Phi) is 4.44. The summed E-state index contributed by atoms with van der Waals surface area (Å²) in [5, 5.41) is 16.7. The number of rotatable bonds is 4. The highest BCUT2D eigenvalue weighted by Gasteiger charge is 2.13. The maximum absolute atomic E-state index is 11.5. The molecule has 8 heteroatoms. The Morgan fingerprint density at radius 1 is 1.07 bits per heavy atom. The second kappa shape index (κ2) is 7.07. The molecule has 0 atom stereocenters. The van der Waals surface area contributed by atoms with E-state index in [0.29, 0.717) is 17.5 Å². The van der Waals surface area contributed by atoms with E-state index in [1.54, 1.807) is 16.8 Å². The monoisotopic (exact) mass is 374 g/mol. The van der Waals surface area contributed by atoms with Gasteiger partial charge in [-0.15, -0.1) is 10.2 Å². The van der Waals surface area contributed by atoms with Crippen LogP contribution in [0.5, 0.6) is 0 Å². The van der Waals surface area contributed by atoms with Gasteiger partial charge in [-0.25, -0.2) is 9.78 Å². The minimum atomic E-state index is -0.532. The van der Waals surface area contributed by atoms with Gasteiger partial charge in [-0.3, -0.25) is 0 Å². The highest BCUT2D eigenvalue weighted by atomic mass is 16.5. The van der Waals surface area contributed by atoms with E-state index >= 15 is 0 Å². The first-order valence-electron chi connectivity index (χ1n) is 8.67. The average molecular weight is 374 g/mol. The molecule has 0 saturated heterocycles. The number of nitrogens with zero attached hydrogens (tertiary/aromatic N) is 5. The molecule has 3 heterocycles. The number of esters is 1. The van der Waals surface area contributed by atoms with Crippen molar-refractivity contribution < 1.29 is 9.53 Å². The smallest absolute Gasteiger partial charge is 0.358 e. The summed E-state index contributed by atoms with van der Waals surface area (Å²) < 4.78 is 6.36. The molecule has 1 N–H and O–H groups in total. The number of hydrogen-bond donors (Lipinski definition) is 1. The molecule has 0 radical (unpaired) electrons. The van der Waals surface area contributed by atoms with Crippen LogP contribution in [0.1, 0.15) is 21.7 Å². The number of fused-ring (bicyclic) bond motifs is 1. The zero-order valence-electron chi connectivity index (χ0n) is 15.7. The highest BCUT2D eigenvalue weighted by molar-refractivity contribution is 5.87. The lowest BCUT2D eigenvalue weighted by molar-refractivity contribution is 0.0593. The van der Waals surface area contributed by atoms with Crippen LogP contribution in [0.2, 0.25) is 0 Å². The fourth-order valence-corrected chi connectivity index (χ4v) is 2.95. The van der Waals surface area contributed by atoms with Crippen LogP contribution in [0.15, 0.2) is 48.5 Å². The van der Waals surface area contributed by atoms with Crippen molar-refractivity contribution in [1.82, 2.24) is 25.0 Å². The summed E-state index contributed by atoms with van der Waals surface area (Å²) in [6.07, 6.45) is 0. The zero-order valence-corrected chi connectivity index (χ0v) is 15.7. The summed E-state index contributed by atoms with van der Waals surface area (Å²) in [7, 11) is 1.30. The van der Waals surface area contributed by atoms with Gasteiger partial charge in [0, 0.05) is 11.5 Å². The Balaban J connectivity index is 1.70. The summed E-state index contributed by atoms with van der Waals surface area (Å²) in [4.78, 5) is 16.2. The van der Waals surface area contributed by atoms with E-state index in [-0.39, 0.29) is 5.69 Å². The quantitative estimate of drug-likeness (QED) is 0.547. The molecule has 0 bridgehead atoms. The maximum atomic E-state index is 11.5. The molecule has 0 unspecified atom stereocenters. The fraction of sp³-hybridized carbons (Fsp3) is 0.150. The number of nitrogens with one attached hydrogen (secondary N) is 1. The van der Waals surface area contributed by atoms with Crippen molar-refractivity contribution >= 4 is 28.5 Å². The van der Waals surface area contributed by atoms with Crippen molar-refractivity contribution in [3.8, 4) is 5.82 Å². The molecule has 1 aromatic carbocycles. The normalized spacial score (nSPS) is 10.8. The van der Waals surface area contributed by atoms with Gasteiger partial charge in [0.1, 0.15) is 5.82 Å². The summed E-state index contributed by atoms with van der Waals surface area (Å²) in [6, 6.07) is 15.1. The lowest BCUT2D eigenvalue weighted by atomic mass is 10.1. The Morgan fingerprint density at radius 2 is 1.89 bits per heavy atom. The number of ether oxygens (including phenoxy) is 1. The van der Waals surface area contributed by atoms with E-state index in [1.807, 2.05) is 50.2 Å². The van der Waals surface area contributed by atoms with E-state index in [4.69, 9.17) is 4.98 Å². The molecule has 0 spiro atoms. The number of para-hydroxylation sites is 1. The van der Waals surface area contributed by atoms with Crippen LogP contribution in [0.4, 0.5) is 11.6 Å². The van der Waals surface area contributed by atoms with Gasteiger partial charge in [-0.2, -0.15) is 9.78 Å². The number of hydrogen-bond acceptors (Lipinski definition) is 7. The fourth-order valence-electron chi connectivity index (χ4n) is 2.95. The molecule has 0 fully saturated rings. The first kappa shape index (κ1) is 17.6. The van der Waals surface area contributed by atoms with Crippen LogP contribution in [0.25, 0.3) is 16.7 Å². The molecule has 0 saturated carbocycles. The second-order valence-electron chi connectivity index (χ2n) is 6.32. The number of anilines is 2. The Hall–Kier alpha value is -3.81. The van der Waals surface area contributed by atoms with Gasteiger partial charge < -0.3 is 10.1 Å². The molecule has 3 aromatic heterocycles. The van der Waals surface area contributed by atoms with Crippen LogP contribution in [-0.2, 0) is 4.74 Å². The Bertz CT molecular complexity index is 1170. The molecule has 4 aromatic rings. The molecule has 8 nitrogen and oxygen atoms in total. The first-order valence-corrected chi connectivity index (χ1v) is 8.67. The number of carbonyl (C=O) groups excluding carboxylic acids is 1. The van der Waals surface area contributed by atoms with E-state index in [9.17, 15) is 4.79 Å². The minimum absolute atomic E-state index is 0.143. The lowest BCUT2D eigenvalue weighted by Crippen LogP contribution is -2.08. The Morgan fingerprint density at radius 3 is 2.64 bits per heavy atom. The molecule has 28 heavy (non-hydrogen) atoms. The molecular weight excluding hydrogens is 356 g/mol. The largest absolute Gasteiger partial charge is 0.464 e. The minimum Gasteiger partial charge on any atom is -0.464 e. The standard InChI is InChI=1S/C20H18N6O2/c1-12-10-18(21-15-7-5-4-6-14(12)15)26-19(11-13(2)25-26)22-17-9-8-16(23-24-17)20(27)28-3/h4-11H,1-3H3,(H,22,24). The molecule has 0 amide bonds. The van der Waals surface area contributed by atoms with Gasteiger partial charge >= 0.3 is 5.97 Å². The maximum Gasteiger partial charge on any atom is 0.358 e. The third-order valence-corrected chi connectivity index (χ3v) is 4.27. The van der Waals surface area contributed by atoms with Crippen molar-refractivity contribution in [3.63, 3.8) is 0 Å². The van der Waals surface area contributed by atoms with Crippen molar-refractivity contribution in [2.75, 3.05) is 12.4 Å². The zero-order chi connectivity index (χ0) is 19.7. The second-order valence-corrected chi connectivity index (χ2v) is 6.32. The molecule has 4 rings (SSSR count). The predicted molar refractivity (Wildman–Crippen MR) is 105 cm³/mol. The third-order valence-electron chi connectivity index (χ3n) is 4.27. The van der Waals surface area contributed by atoms with Gasteiger partial charge in [-0.05, 0) is 43.7 Å². The van der Waals surface area contributed by atoms with Crippen LogP contribution < -0.4 is 5.32 Å². The van der Waals surface area contributed by atoms with E-state index in [2.05, 4.69) is 25.3 Å². The summed E-state index contributed by atoms with van der Waals surface area (Å²) in [5.74, 6) is 1.34. The average Bonchev–Trinajstić information content (AvgIpc) is 3.08. The van der Waals surface area contributed by atoms with Gasteiger partial charge in [0.25, 0.3) is 0 Å². The number of aromatic nitrogens is 5. The SMILES string of the molecule is COC(=O)c1ccc(Nc2cc(C)nn2-c2cc(C)c3ccccc3n2)nn1. The van der Waals surface area contributed by atoms with Gasteiger partial charge in [0.05, 0.1) is 18.3 Å². The van der Waals surface area contributed by atoms with Crippen molar-refractivity contribution in [2.24, 2.45) is 0 Å². The topological polar surface area (TPSA) is 94.8 Å². The number of aryl methyl sites for hydroxylation is 2. The molecule has 0 aliphatic rings. The van der Waals surface area contributed by atoms with Crippen LogP contribution in [0, 0.1) is 13.8 Å². The predicted octanol–water partition coefficient (Wildman–Crippen LogP) is 3.36. The molecule has 0 aliphatic heterocycles. The first-order chi connectivity index (χ1) is 13.5. The Labute approximate surface area is 161 Å². The summed E-state index contributed by atoms with van der Waals surface area (Å²) in [6.45, 7) is 3.95.